The van der Waals surface area contributed by atoms with Gasteiger partial charge in [0.25, 0.3) is 0 Å². The predicted octanol–water partition coefficient (Wildman–Crippen LogP) is 3.25. The summed E-state index contributed by atoms with van der Waals surface area (Å²) in [6.07, 6.45) is 0.330. The number of benzene rings is 1. The van der Waals surface area contributed by atoms with Crippen LogP contribution in [-0.4, -0.2) is 10.9 Å². The quantitative estimate of drug-likeness (QED) is 0.920. The molecule has 4 heteroatoms. The normalized spacial score (nSPS) is 10.4. The first-order valence-electron chi connectivity index (χ1n) is 5.81. The Morgan fingerprint density at radius 1 is 1.28 bits per heavy atom. The first-order chi connectivity index (χ1) is 8.56. The molecule has 2 rings (SSSR count). The number of nitrogens with one attached hydrogen (secondary N) is 1. The van der Waals surface area contributed by atoms with Crippen LogP contribution in [-0.2, 0) is 11.2 Å². The zero-order valence-electron chi connectivity index (χ0n) is 10.8. The number of thiazole rings is 1. The van der Waals surface area contributed by atoms with E-state index in [9.17, 15) is 4.79 Å². The Balaban J connectivity index is 2.12. The third-order valence-electron chi connectivity index (χ3n) is 2.77. The van der Waals surface area contributed by atoms with Gasteiger partial charge in [-0.3, -0.25) is 4.79 Å². The molecule has 2 aromatic rings. The van der Waals surface area contributed by atoms with Crippen LogP contribution in [0.25, 0.3) is 0 Å². The van der Waals surface area contributed by atoms with Crippen molar-refractivity contribution in [3.05, 3.63) is 45.4 Å². The Bertz CT molecular complexity index is 538. The van der Waals surface area contributed by atoms with E-state index in [1.54, 1.807) is 5.51 Å². The minimum Gasteiger partial charge on any atom is -0.325 e. The second-order valence-electron chi connectivity index (χ2n) is 4.48. The highest BCUT2D eigenvalue weighted by molar-refractivity contribution is 7.07. The third-order valence-corrected chi connectivity index (χ3v) is 3.40. The maximum atomic E-state index is 11.9. The molecule has 0 saturated carbocycles. The van der Waals surface area contributed by atoms with Crippen molar-refractivity contribution in [3.8, 4) is 0 Å². The summed E-state index contributed by atoms with van der Waals surface area (Å²) in [6.45, 7) is 6.08. The summed E-state index contributed by atoms with van der Waals surface area (Å²) >= 11 is 1.51. The van der Waals surface area contributed by atoms with E-state index < -0.39 is 0 Å². The summed E-state index contributed by atoms with van der Waals surface area (Å²) in [6, 6.07) is 4.15. The van der Waals surface area contributed by atoms with Crippen LogP contribution in [0.4, 0.5) is 5.69 Å². The van der Waals surface area contributed by atoms with Crippen LogP contribution in [0.5, 0.6) is 0 Å². The number of hydrogen-bond acceptors (Lipinski definition) is 3. The van der Waals surface area contributed by atoms with Gasteiger partial charge in [0.2, 0.25) is 5.91 Å². The molecule has 94 valence electrons. The molecule has 0 saturated heterocycles. The van der Waals surface area contributed by atoms with Crippen molar-refractivity contribution in [1.29, 1.82) is 0 Å². The molecular formula is C14H16N2OS. The minimum absolute atomic E-state index is 0.0176. The molecule has 18 heavy (non-hydrogen) atoms. The number of rotatable bonds is 3. The topological polar surface area (TPSA) is 42.0 Å². The van der Waals surface area contributed by atoms with Crippen molar-refractivity contribution < 1.29 is 4.79 Å². The highest BCUT2D eigenvalue weighted by Gasteiger charge is 2.09. The molecule has 1 amide bonds. The molecule has 0 unspecified atom stereocenters. The first kappa shape index (κ1) is 12.8. The van der Waals surface area contributed by atoms with Gasteiger partial charge in [0.15, 0.2) is 0 Å². The monoisotopic (exact) mass is 260 g/mol. The molecule has 0 spiro atoms. The number of aryl methyl sites for hydroxylation is 3. The average Bonchev–Trinajstić information content (AvgIpc) is 2.76. The van der Waals surface area contributed by atoms with E-state index in [1.165, 1.54) is 16.9 Å². The largest absolute Gasteiger partial charge is 0.325 e. The van der Waals surface area contributed by atoms with Gasteiger partial charge in [0.1, 0.15) is 0 Å². The third kappa shape index (κ3) is 2.96. The highest BCUT2D eigenvalue weighted by Crippen LogP contribution is 2.22. The van der Waals surface area contributed by atoms with Crippen molar-refractivity contribution in [1.82, 2.24) is 4.98 Å². The number of amides is 1. The van der Waals surface area contributed by atoms with Gasteiger partial charge < -0.3 is 5.32 Å². The Morgan fingerprint density at radius 3 is 2.50 bits per heavy atom. The second kappa shape index (κ2) is 5.31. The molecule has 0 aliphatic carbocycles. The van der Waals surface area contributed by atoms with E-state index in [2.05, 4.69) is 29.4 Å². The number of anilines is 1. The summed E-state index contributed by atoms with van der Waals surface area (Å²) in [5, 5.41) is 4.87. The number of carbonyl (C=O) groups excluding carboxylic acids is 1. The van der Waals surface area contributed by atoms with Crippen LogP contribution in [0.2, 0.25) is 0 Å². The van der Waals surface area contributed by atoms with Crippen molar-refractivity contribution in [2.24, 2.45) is 0 Å². The first-order valence-corrected chi connectivity index (χ1v) is 6.75. The summed E-state index contributed by atoms with van der Waals surface area (Å²) in [4.78, 5) is 16.0. The lowest BCUT2D eigenvalue weighted by molar-refractivity contribution is -0.115. The molecule has 0 fully saturated rings. The lowest BCUT2D eigenvalue weighted by Gasteiger charge is -2.12. The van der Waals surface area contributed by atoms with E-state index in [1.807, 2.05) is 19.2 Å². The van der Waals surface area contributed by atoms with Crippen molar-refractivity contribution >= 4 is 22.9 Å². The van der Waals surface area contributed by atoms with E-state index in [4.69, 9.17) is 0 Å². The highest BCUT2D eigenvalue weighted by atomic mass is 32.1. The van der Waals surface area contributed by atoms with Gasteiger partial charge in [0.05, 0.1) is 17.6 Å². The van der Waals surface area contributed by atoms with E-state index in [0.717, 1.165) is 22.5 Å². The van der Waals surface area contributed by atoms with Crippen LogP contribution in [0.15, 0.2) is 23.0 Å². The molecule has 1 heterocycles. The fourth-order valence-electron chi connectivity index (χ4n) is 2.05. The maximum absolute atomic E-state index is 11.9. The fourth-order valence-corrected chi connectivity index (χ4v) is 2.61. The van der Waals surface area contributed by atoms with Crippen LogP contribution in [0, 0.1) is 20.8 Å². The number of carbonyl (C=O) groups is 1. The maximum Gasteiger partial charge on any atom is 0.230 e. The Labute approximate surface area is 111 Å². The fraction of sp³-hybridized carbons (Fsp3) is 0.286. The zero-order chi connectivity index (χ0) is 13.1. The van der Waals surface area contributed by atoms with E-state index in [0.29, 0.717) is 6.42 Å². The predicted molar refractivity (Wildman–Crippen MR) is 75.1 cm³/mol. The lowest BCUT2D eigenvalue weighted by atomic mass is 10.0. The van der Waals surface area contributed by atoms with Gasteiger partial charge in [-0.05, 0) is 31.9 Å². The van der Waals surface area contributed by atoms with Crippen molar-refractivity contribution in [2.45, 2.75) is 27.2 Å². The smallest absolute Gasteiger partial charge is 0.230 e. The Kier molecular flexibility index (Phi) is 3.77. The van der Waals surface area contributed by atoms with Gasteiger partial charge in [-0.15, -0.1) is 11.3 Å². The van der Waals surface area contributed by atoms with E-state index >= 15 is 0 Å². The average molecular weight is 260 g/mol. The molecular weight excluding hydrogens is 244 g/mol. The van der Waals surface area contributed by atoms with Gasteiger partial charge in [-0.25, -0.2) is 4.98 Å². The summed E-state index contributed by atoms with van der Waals surface area (Å²) in [5.74, 6) is -0.0176. The molecule has 3 nitrogen and oxygen atoms in total. The molecule has 1 aromatic carbocycles. The molecule has 0 bridgehead atoms. The zero-order valence-corrected chi connectivity index (χ0v) is 11.6. The number of nitrogens with zero attached hydrogens (tertiary/aromatic N) is 1. The van der Waals surface area contributed by atoms with Gasteiger partial charge in [-0.1, -0.05) is 17.7 Å². The minimum atomic E-state index is -0.0176. The van der Waals surface area contributed by atoms with Gasteiger partial charge in [-0.2, -0.15) is 0 Å². The van der Waals surface area contributed by atoms with E-state index in [-0.39, 0.29) is 5.91 Å². The number of hydrogen-bond donors (Lipinski definition) is 1. The second-order valence-corrected chi connectivity index (χ2v) is 5.20. The SMILES string of the molecule is Cc1cc(C)c(NC(=O)Cc2cscn2)c(C)c1. The van der Waals surface area contributed by atoms with Crippen molar-refractivity contribution in [3.63, 3.8) is 0 Å². The van der Waals surface area contributed by atoms with Crippen LogP contribution in [0.1, 0.15) is 22.4 Å². The molecule has 0 radical (unpaired) electrons. The van der Waals surface area contributed by atoms with Crippen LogP contribution in [0.3, 0.4) is 0 Å². The summed E-state index contributed by atoms with van der Waals surface area (Å²) in [7, 11) is 0. The summed E-state index contributed by atoms with van der Waals surface area (Å²) in [5.41, 5.74) is 6.88. The molecule has 0 aliphatic rings. The molecule has 1 N–H and O–H groups in total. The molecule has 1 aromatic heterocycles. The van der Waals surface area contributed by atoms with Gasteiger partial charge >= 0.3 is 0 Å². The summed E-state index contributed by atoms with van der Waals surface area (Å²) < 4.78 is 0. The Hall–Kier alpha value is -1.68. The molecule has 0 atom stereocenters. The Morgan fingerprint density at radius 2 is 1.94 bits per heavy atom. The van der Waals surface area contributed by atoms with Crippen LogP contribution < -0.4 is 5.32 Å². The lowest BCUT2D eigenvalue weighted by Crippen LogP contribution is -2.16. The van der Waals surface area contributed by atoms with Crippen LogP contribution >= 0.6 is 11.3 Å². The van der Waals surface area contributed by atoms with Crippen molar-refractivity contribution in [2.75, 3.05) is 5.32 Å². The van der Waals surface area contributed by atoms with Gasteiger partial charge in [0, 0.05) is 11.1 Å². The number of aromatic nitrogens is 1. The standard InChI is InChI=1S/C14H16N2OS/c1-9-4-10(2)14(11(3)5-9)16-13(17)6-12-7-18-8-15-12/h4-5,7-8H,6H2,1-3H3,(H,16,17). The molecule has 0 aliphatic heterocycles.